The summed E-state index contributed by atoms with van der Waals surface area (Å²) in [5, 5.41) is 0. The van der Waals surface area contributed by atoms with Crippen molar-refractivity contribution in [2.45, 2.75) is 90.6 Å². The van der Waals surface area contributed by atoms with Gasteiger partial charge < -0.3 is 15.2 Å². The van der Waals surface area contributed by atoms with Crippen molar-refractivity contribution in [2.75, 3.05) is 13.2 Å². The van der Waals surface area contributed by atoms with Gasteiger partial charge >= 0.3 is 0 Å². The van der Waals surface area contributed by atoms with E-state index in [2.05, 4.69) is 45.9 Å². The highest BCUT2D eigenvalue weighted by atomic mass is 16.5. The van der Waals surface area contributed by atoms with E-state index in [1.807, 2.05) is 0 Å². The van der Waals surface area contributed by atoms with Crippen LogP contribution in [0.1, 0.15) is 89.7 Å². The second kappa shape index (κ2) is 9.35. The Labute approximate surface area is 171 Å². The Hall–Kier alpha value is -1.48. The quantitative estimate of drug-likeness (QED) is 0.410. The van der Waals surface area contributed by atoms with Crippen molar-refractivity contribution < 1.29 is 9.47 Å². The van der Waals surface area contributed by atoms with Gasteiger partial charge in [0, 0.05) is 17.4 Å². The molecule has 1 aromatic carbocycles. The third kappa shape index (κ3) is 4.74. The topological polar surface area (TPSA) is 44.5 Å². The number of fused-ring (bicyclic) bond motifs is 3. The predicted molar refractivity (Wildman–Crippen MR) is 117 cm³/mol. The van der Waals surface area contributed by atoms with Crippen LogP contribution in [-0.2, 0) is 6.42 Å². The summed E-state index contributed by atoms with van der Waals surface area (Å²) in [5.41, 5.74) is 9.66. The summed E-state index contributed by atoms with van der Waals surface area (Å²) in [7, 11) is 0. The Balaban J connectivity index is 1.95. The average Bonchev–Trinajstić information content (AvgIpc) is 2.64. The number of benzene rings is 1. The van der Waals surface area contributed by atoms with Crippen molar-refractivity contribution in [2.24, 2.45) is 11.7 Å². The molecular weight excluding hydrogens is 346 g/mol. The van der Waals surface area contributed by atoms with Crippen LogP contribution in [0, 0.1) is 5.92 Å². The zero-order valence-electron chi connectivity index (χ0n) is 18.4. The van der Waals surface area contributed by atoms with Gasteiger partial charge in [0.25, 0.3) is 0 Å². The maximum absolute atomic E-state index is 6.61. The molecule has 2 unspecified atom stereocenters. The monoisotopic (exact) mass is 385 g/mol. The first-order valence-electron chi connectivity index (χ1n) is 11.3. The van der Waals surface area contributed by atoms with Crippen LogP contribution < -0.4 is 15.2 Å². The Kier molecular flexibility index (Phi) is 7.09. The molecule has 1 aromatic rings. The fraction of sp³-hybridized carbons (Fsp3) is 0.680. The molecule has 0 fully saturated rings. The van der Waals surface area contributed by atoms with Gasteiger partial charge in [-0.25, -0.2) is 0 Å². The van der Waals surface area contributed by atoms with E-state index < -0.39 is 0 Å². The number of unbranched alkanes of at least 4 members (excludes halogenated alkanes) is 3. The second-order valence-electron chi connectivity index (χ2n) is 9.22. The predicted octanol–water partition coefficient (Wildman–Crippen LogP) is 6.15. The second-order valence-corrected chi connectivity index (χ2v) is 9.22. The van der Waals surface area contributed by atoms with Crippen LogP contribution in [0.25, 0.3) is 0 Å². The minimum atomic E-state index is -0.145. The van der Waals surface area contributed by atoms with E-state index in [4.69, 9.17) is 15.2 Å². The first-order valence-corrected chi connectivity index (χ1v) is 11.3. The van der Waals surface area contributed by atoms with E-state index in [0.29, 0.717) is 11.8 Å². The van der Waals surface area contributed by atoms with Crippen LogP contribution in [-0.4, -0.2) is 18.8 Å². The molecule has 3 nitrogen and oxygen atoms in total. The number of ether oxygens (including phenoxy) is 2. The van der Waals surface area contributed by atoms with E-state index in [0.717, 1.165) is 56.8 Å². The molecule has 0 saturated heterocycles. The molecule has 2 atom stereocenters. The van der Waals surface area contributed by atoms with Crippen molar-refractivity contribution in [3.8, 4) is 11.5 Å². The van der Waals surface area contributed by atoms with Crippen molar-refractivity contribution in [1.29, 1.82) is 0 Å². The summed E-state index contributed by atoms with van der Waals surface area (Å²) in [6.45, 7) is 10.5. The fourth-order valence-corrected chi connectivity index (χ4v) is 4.87. The summed E-state index contributed by atoms with van der Waals surface area (Å²) in [4.78, 5) is 0. The highest BCUT2D eigenvalue weighted by Gasteiger charge is 2.45. The van der Waals surface area contributed by atoms with Gasteiger partial charge in [-0.15, -0.1) is 0 Å². The molecule has 1 aliphatic carbocycles. The number of hydrogen-bond acceptors (Lipinski definition) is 3. The van der Waals surface area contributed by atoms with Crippen LogP contribution >= 0.6 is 0 Å². The summed E-state index contributed by atoms with van der Waals surface area (Å²) < 4.78 is 13.0. The molecule has 1 aliphatic heterocycles. The molecule has 0 spiro atoms. The minimum absolute atomic E-state index is 0.145. The molecular formula is C25H39NO2. The smallest absolute Gasteiger partial charge is 0.127 e. The highest BCUT2D eigenvalue weighted by Crippen LogP contribution is 2.54. The lowest BCUT2D eigenvalue weighted by Gasteiger charge is -2.47. The molecule has 2 aliphatic rings. The fourth-order valence-electron chi connectivity index (χ4n) is 4.87. The SMILES string of the molecule is CCCCCc1cc(OCCCCN)c2c(c1)OC(C)(C)C1CC=C(C)CC21. The summed E-state index contributed by atoms with van der Waals surface area (Å²) in [5.74, 6) is 3.10. The zero-order chi connectivity index (χ0) is 20.1. The van der Waals surface area contributed by atoms with Crippen molar-refractivity contribution >= 4 is 0 Å². The average molecular weight is 386 g/mol. The van der Waals surface area contributed by atoms with Crippen LogP contribution in [0.3, 0.4) is 0 Å². The molecule has 28 heavy (non-hydrogen) atoms. The maximum atomic E-state index is 6.61. The van der Waals surface area contributed by atoms with Crippen LogP contribution in [0.2, 0.25) is 0 Å². The van der Waals surface area contributed by atoms with Gasteiger partial charge in [-0.3, -0.25) is 0 Å². The zero-order valence-corrected chi connectivity index (χ0v) is 18.4. The Morgan fingerprint density at radius 2 is 2.00 bits per heavy atom. The van der Waals surface area contributed by atoms with Gasteiger partial charge in [-0.05, 0) is 83.5 Å². The van der Waals surface area contributed by atoms with Crippen molar-refractivity contribution in [3.63, 3.8) is 0 Å². The largest absolute Gasteiger partial charge is 0.493 e. The Morgan fingerprint density at radius 1 is 1.18 bits per heavy atom. The molecule has 0 saturated carbocycles. The summed E-state index contributed by atoms with van der Waals surface area (Å²) in [6, 6.07) is 4.59. The molecule has 2 N–H and O–H groups in total. The van der Waals surface area contributed by atoms with E-state index in [-0.39, 0.29) is 5.60 Å². The third-order valence-electron chi connectivity index (χ3n) is 6.47. The Bertz CT molecular complexity index is 692. The summed E-state index contributed by atoms with van der Waals surface area (Å²) >= 11 is 0. The van der Waals surface area contributed by atoms with Crippen molar-refractivity contribution in [3.05, 3.63) is 34.9 Å². The molecule has 1 heterocycles. The normalized spacial score (nSPS) is 22.7. The number of allylic oxidation sites excluding steroid dienone is 2. The molecule has 0 amide bonds. The molecule has 3 rings (SSSR count). The van der Waals surface area contributed by atoms with Gasteiger partial charge in [0.1, 0.15) is 17.1 Å². The van der Waals surface area contributed by atoms with Crippen LogP contribution in [0.4, 0.5) is 0 Å². The van der Waals surface area contributed by atoms with Gasteiger partial charge in [0.2, 0.25) is 0 Å². The van der Waals surface area contributed by atoms with Crippen LogP contribution in [0.15, 0.2) is 23.8 Å². The first kappa shape index (κ1) is 21.2. The summed E-state index contributed by atoms with van der Waals surface area (Å²) in [6.07, 6.45) is 11.4. The van der Waals surface area contributed by atoms with Gasteiger partial charge in [-0.2, -0.15) is 0 Å². The standard InChI is InChI=1S/C25H39NO2/c1-5-6-7-10-19-16-22(27-14-9-8-13-26)24-20-15-18(2)11-12-21(20)25(3,4)28-23(24)17-19/h11,16-17,20-21H,5-10,12-15,26H2,1-4H3. The highest BCUT2D eigenvalue weighted by molar-refractivity contribution is 5.53. The van der Waals surface area contributed by atoms with E-state index in [1.165, 1.54) is 36.0 Å². The lowest BCUT2D eigenvalue weighted by atomic mass is 9.67. The molecule has 3 heteroatoms. The van der Waals surface area contributed by atoms with E-state index in [1.54, 1.807) is 0 Å². The van der Waals surface area contributed by atoms with Crippen molar-refractivity contribution in [1.82, 2.24) is 0 Å². The molecule has 0 radical (unpaired) electrons. The van der Waals surface area contributed by atoms with Gasteiger partial charge in [-0.1, -0.05) is 31.4 Å². The third-order valence-corrected chi connectivity index (χ3v) is 6.47. The number of nitrogens with two attached hydrogens (primary N) is 1. The van der Waals surface area contributed by atoms with Gasteiger partial charge in [0.15, 0.2) is 0 Å². The van der Waals surface area contributed by atoms with E-state index in [9.17, 15) is 0 Å². The molecule has 0 bridgehead atoms. The first-order chi connectivity index (χ1) is 13.5. The molecule has 156 valence electrons. The Morgan fingerprint density at radius 3 is 2.75 bits per heavy atom. The van der Waals surface area contributed by atoms with Gasteiger partial charge in [0.05, 0.1) is 6.61 Å². The number of rotatable bonds is 9. The maximum Gasteiger partial charge on any atom is 0.127 e. The van der Waals surface area contributed by atoms with Crippen LogP contribution in [0.5, 0.6) is 11.5 Å². The molecule has 0 aromatic heterocycles. The lowest BCUT2D eigenvalue weighted by Crippen LogP contribution is -2.45. The minimum Gasteiger partial charge on any atom is -0.493 e. The number of aryl methyl sites for hydroxylation is 1. The lowest BCUT2D eigenvalue weighted by molar-refractivity contribution is 0.00723. The number of hydrogen-bond donors (Lipinski definition) is 1. The van der Waals surface area contributed by atoms with E-state index >= 15 is 0 Å².